The molecule has 1 aliphatic carbocycles. The van der Waals surface area contributed by atoms with Crippen molar-refractivity contribution in [3.05, 3.63) is 35.4 Å². The average Bonchev–Trinajstić information content (AvgIpc) is 2.88. The predicted molar refractivity (Wildman–Crippen MR) is 85.1 cm³/mol. The van der Waals surface area contributed by atoms with E-state index in [1.165, 1.54) is 45.2 Å². The molecule has 3 rings (SSSR count). The van der Waals surface area contributed by atoms with Gasteiger partial charge in [-0.15, -0.1) is 0 Å². The number of nitrogens with zero attached hydrogens (tertiary/aromatic N) is 1. The van der Waals surface area contributed by atoms with Crippen molar-refractivity contribution in [1.82, 2.24) is 10.2 Å². The highest BCUT2D eigenvalue weighted by Gasteiger charge is 2.34. The summed E-state index contributed by atoms with van der Waals surface area (Å²) in [6.07, 6.45) is 6.84. The second-order valence-corrected chi connectivity index (χ2v) is 6.36. The van der Waals surface area contributed by atoms with Crippen LogP contribution in [-0.2, 0) is 0 Å². The molecule has 1 aromatic carbocycles. The van der Waals surface area contributed by atoms with Crippen LogP contribution in [0.1, 0.15) is 62.1 Å². The largest absolute Gasteiger partial charge is 0.314 e. The Hall–Kier alpha value is -0.860. The summed E-state index contributed by atoms with van der Waals surface area (Å²) >= 11 is 0. The SMILES string of the molecule is CCCCCC1CC(N2CCNCC2)c2ccccc21. The predicted octanol–water partition coefficient (Wildman–Crippen LogP) is 3.70. The van der Waals surface area contributed by atoms with E-state index in [-0.39, 0.29) is 0 Å². The summed E-state index contributed by atoms with van der Waals surface area (Å²) in [6.45, 7) is 7.02. The first-order chi connectivity index (χ1) is 9.90. The minimum atomic E-state index is 0.680. The van der Waals surface area contributed by atoms with Gasteiger partial charge in [0, 0.05) is 32.2 Å². The van der Waals surface area contributed by atoms with Crippen LogP contribution in [0.15, 0.2) is 24.3 Å². The highest BCUT2D eigenvalue weighted by Crippen LogP contribution is 2.45. The average molecular weight is 272 g/mol. The number of hydrogen-bond acceptors (Lipinski definition) is 2. The van der Waals surface area contributed by atoms with Crippen LogP contribution < -0.4 is 5.32 Å². The maximum atomic E-state index is 3.47. The van der Waals surface area contributed by atoms with E-state index in [9.17, 15) is 0 Å². The summed E-state index contributed by atoms with van der Waals surface area (Å²) in [4.78, 5) is 2.70. The minimum Gasteiger partial charge on any atom is -0.314 e. The standard InChI is InChI=1S/C18H28N2/c1-2-3-4-7-15-14-18(20-12-10-19-11-13-20)17-9-6-5-8-16(15)17/h5-6,8-9,15,18-19H,2-4,7,10-14H2,1H3. The number of benzene rings is 1. The zero-order valence-corrected chi connectivity index (χ0v) is 12.8. The Morgan fingerprint density at radius 2 is 1.85 bits per heavy atom. The lowest BCUT2D eigenvalue weighted by atomic mass is 9.95. The third kappa shape index (κ3) is 2.91. The lowest BCUT2D eigenvalue weighted by molar-refractivity contribution is 0.168. The Balaban J connectivity index is 1.73. The lowest BCUT2D eigenvalue weighted by Gasteiger charge is -2.33. The molecule has 0 bridgehead atoms. The molecular weight excluding hydrogens is 244 g/mol. The van der Waals surface area contributed by atoms with E-state index in [4.69, 9.17) is 0 Å². The summed E-state index contributed by atoms with van der Waals surface area (Å²) in [5, 5.41) is 3.47. The zero-order chi connectivity index (χ0) is 13.8. The minimum absolute atomic E-state index is 0.680. The fourth-order valence-corrected chi connectivity index (χ4v) is 3.96. The molecule has 2 unspecified atom stereocenters. The van der Waals surface area contributed by atoms with Crippen molar-refractivity contribution >= 4 is 0 Å². The van der Waals surface area contributed by atoms with Crippen LogP contribution in [0.5, 0.6) is 0 Å². The molecule has 2 heteroatoms. The Labute approximate surface area is 123 Å². The highest BCUT2D eigenvalue weighted by molar-refractivity contribution is 5.38. The van der Waals surface area contributed by atoms with Gasteiger partial charge in [-0.05, 0) is 29.9 Å². The molecule has 110 valence electrons. The highest BCUT2D eigenvalue weighted by atomic mass is 15.2. The summed E-state index contributed by atoms with van der Waals surface area (Å²) in [7, 11) is 0. The van der Waals surface area contributed by atoms with Crippen molar-refractivity contribution in [1.29, 1.82) is 0 Å². The molecule has 2 nitrogen and oxygen atoms in total. The maximum Gasteiger partial charge on any atom is 0.0357 e. The van der Waals surface area contributed by atoms with Gasteiger partial charge in [0.25, 0.3) is 0 Å². The van der Waals surface area contributed by atoms with Gasteiger partial charge in [0.15, 0.2) is 0 Å². The zero-order valence-electron chi connectivity index (χ0n) is 12.8. The third-order valence-electron chi connectivity index (χ3n) is 5.05. The number of nitrogens with one attached hydrogen (secondary N) is 1. The number of unbranched alkanes of at least 4 members (excludes halogenated alkanes) is 2. The van der Waals surface area contributed by atoms with E-state index in [0.717, 1.165) is 19.0 Å². The van der Waals surface area contributed by atoms with Crippen LogP contribution in [-0.4, -0.2) is 31.1 Å². The quantitative estimate of drug-likeness (QED) is 0.822. The van der Waals surface area contributed by atoms with Crippen LogP contribution in [0.2, 0.25) is 0 Å². The Morgan fingerprint density at radius 1 is 1.10 bits per heavy atom. The number of fused-ring (bicyclic) bond motifs is 1. The van der Waals surface area contributed by atoms with E-state index >= 15 is 0 Å². The molecule has 1 heterocycles. The Bertz CT molecular complexity index is 423. The molecule has 1 aromatic rings. The molecule has 0 spiro atoms. The van der Waals surface area contributed by atoms with Crippen LogP contribution in [0, 0.1) is 0 Å². The molecular formula is C18H28N2. The molecule has 1 saturated heterocycles. The lowest BCUT2D eigenvalue weighted by Crippen LogP contribution is -2.44. The molecule has 2 aliphatic rings. The van der Waals surface area contributed by atoms with E-state index in [1.54, 1.807) is 11.1 Å². The second-order valence-electron chi connectivity index (χ2n) is 6.36. The van der Waals surface area contributed by atoms with Gasteiger partial charge in [-0.1, -0.05) is 50.5 Å². The fraction of sp³-hybridized carbons (Fsp3) is 0.667. The maximum absolute atomic E-state index is 3.47. The van der Waals surface area contributed by atoms with Crippen molar-refractivity contribution in [2.45, 2.75) is 51.0 Å². The summed E-state index contributed by atoms with van der Waals surface area (Å²) in [5.41, 5.74) is 3.27. The molecule has 2 atom stereocenters. The molecule has 20 heavy (non-hydrogen) atoms. The number of rotatable bonds is 5. The van der Waals surface area contributed by atoms with Crippen molar-refractivity contribution in [2.75, 3.05) is 26.2 Å². The fourth-order valence-electron chi connectivity index (χ4n) is 3.96. The van der Waals surface area contributed by atoms with E-state index in [0.29, 0.717) is 6.04 Å². The third-order valence-corrected chi connectivity index (χ3v) is 5.05. The second kappa shape index (κ2) is 6.73. The van der Waals surface area contributed by atoms with E-state index in [2.05, 4.69) is 41.4 Å². The van der Waals surface area contributed by atoms with Crippen LogP contribution in [0.4, 0.5) is 0 Å². The summed E-state index contributed by atoms with van der Waals surface area (Å²) < 4.78 is 0. The van der Waals surface area contributed by atoms with Gasteiger partial charge in [-0.25, -0.2) is 0 Å². The number of piperazine rings is 1. The molecule has 1 N–H and O–H groups in total. The van der Waals surface area contributed by atoms with Gasteiger partial charge in [-0.2, -0.15) is 0 Å². The molecule has 0 aromatic heterocycles. The first-order valence-electron chi connectivity index (χ1n) is 8.43. The van der Waals surface area contributed by atoms with E-state index in [1.807, 2.05) is 0 Å². The first kappa shape index (κ1) is 14.1. The van der Waals surface area contributed by atoms with Crippen molar-refractivity contribution in [3.63, 3.8) is 0 Å². The molecule has 1 fully saturated rings. The normalized spacial score (nSPS) is 26.6. The number of hydrogen-bond donors (Lipinski definition) is 1. The van der Waals surface area contributed by atoms with Gasteiger partial charge >= 0.3 is 0 Å². The molecule has 1 aliphatic heterocycles. The molecule has 0 saturated carbocycles. The van der Waals surface area contributed by atoms with Gasteiger partial charge in [0.05, 0.1) is 0 Å². The van der Waals surface area contributed by atoms with E-state index < -0.39 is 0 Å². The van der Waals surface area contributed by atoms with Crippen molar-refractivity contribution < 1.29 is 0 Å². The van der Waals surface area contributed by atoms with Crippen molar-refractivity contribution in [3.8, 4) is 0 Å². The van der Waals surface area contributed by atoms with Crippen LogP contribution in [0.3, 0.4) is 0 Å². The van der Waals surface area contributed by atoms with Gasteiger partial charge < -0.3 is 5.32 Å². The Morgan fingerprint density at radius 3 is 2.60 bits per heavy atom. The topological polar surface area (TPSA) is 15.3 Å². The van der Waals surface area contributed by atoms with Gasteiger partial charge in [0.2, 0.25) is 0 Å². The van der Waals surface area contributed by atoms with Gasteiger partial charge in [0.1, 0.15) is 0 Å². The van der Waals surface area contributed by atoms with Crippen LogP contribution >= 0.6 is 0 Å². The molecule has 0 radical (unpaired) electrons. The summed E-state index contributed by atoms with van der Waals surface area (Å²) in [6, 6.07) is 9.89. The Kier molecular flexibility index (Phi) is 4.74. The molecule has 0 amide bonds. The smallest absolute Gasteiger partial charge is 0.0357 e. The van der Waals surface area contributed by atoms with Gasteiger partial charge in [-0.3, -0.25) is 4.90 Å². The van der Waals surface area contributed by atoms with Crippen LogP contribution in [0.25, 0.3) is 0 Å². The monoisotopic (exact) mass is 272 g/mol. The van der Waals surface area contributed by atoms with Crippen molar-refractivity contribution in [2.24, 2.45) is 0 Å². The first-order valence-corrected chi connectivity index (χ1v) is 8.43. The summed E-state index contributed by atoms with van der Waals surface area (Å²) in [5.74, 6) is 0.803.